The summed E-state index contributed by atoms with van der Waals surface area (Å²) in [6.45, 7) is 2.19. The van der Waals surface area contributed by atoms with E-state index in [4.69, 9.17) is 0 Å². The maximum Gasteiger partial charge on any atom is 0.0707 e. The molecule has 0 spiro atoms. The van der Waals surface area contributed by atoms with Crippen molar-refractivity contribution in [3.63, 3.8) is 0 Å². The molecule has 0 bridgehead atoms. The van der Waals surface area contributed by atoms with Crippen molar-refractivity contribution in [1.29, 1.82) is 0 Å². The van der Waals surface area contributed by atoms with E-state index in [9.17, 15) is 0 Å². The van der Waals surface area contributed by atoms with Gasteiger partial charge in [0.2, 0.25) is 0 Å². The minimum absolute atomic E-state index is 1.25. The summed E-state index contributed by atoms with van der Waals surface area (Å²) in [6, 6.07) is 19.8. The van der Waals surface area contributed by atoms with Crippen LogP contribution < -0.4 is 0 Å². The lowest BCUT2D eigenvalue weighted by molar-refractivity contribution is 1.19. The Morgan fingerprint density at radius 2 is 1.68 bits per heavy atom. The average molecular weight is 319 g/mol. The van der Waals surface area contributed by atoms with Crippen LogP contribution >= 0.6 is 22.7 Å². The molecule has 0 atom stereocenters. The van der Waals surface area contributed by atoms with E-state index in [1.165, 1.54) is 41.8 Å². The number of thiophene rings is 2. The van der Waals surface area contributed by atoms with E-state index >= 15 is 0 Å². The maximum absolute atomic E-state index is 2.40. The maximum atomic E-state index is 2.40. The summed E-state index contributed by atoms with van der Waals surface area (Å²) in [5.41, 5.74) is 3.90. The Hall–Kier alpha value is -2.10. The molecule has 0 N–H and O–H groups in total. The van der Waals surface area contributed by atoms with Crippen LogP contribution in [0.3, 0.4) is 0 Å². The molecule has 22 heavy (non-hydrogen) atoms. The molecule has 0 fully saturated rings. The highest BCUT2D eigenvalue weighted by Crippen LogP contribution is 2.40. The molecule has 0 aliphatic heterocycles. The van der Waals surface area contributed by atoms with Gasteiger partial charge in [0.05, 0.1) is 20.4 Å². The van der Waals surface area contributed by atoms with Crippen LogP contribution in [0, 0.1) is 6.92 Å². The molecule has 0 unspecified atom stereocenters. The second kappa shape index (κ2) is 4.45. The highest BCUT2D eigenvalue weighted by atomic mass is 32.1. The summed E-state index contributed by atoms with van der Waals surface area (Å²) >= 11 is 3.73. The zero-order valence-corrected chi connectivity index (χ0v) is 13.7. The van der Waals surface area contributed by atoms with Crippen LogP contribution in [-0.2, 0) is 0 Å². The molecular weight excluding hydrogens is 306 g/mol. The van der Waals surface area contributed by atoms with Gasteiger partial charge in [-0.2, -0.15) is 0 Å². The van der Waals surface area contributed by atoms with Crippen LogP contribution in [0.4, 0.5) is 0 Å². The molecule has 0 radical (unpaired) electrons. The van der Waals surface area contributed by atoms with Gasteiger partial charge in [0.1, 0.15) is 0 Å². The summed E-state index contributed by atoms with van der Waals surface area (Å²) < 4.78 is 5.22. The first-order valence-electron chi connectivity index (χ1n) is 7.28. The predicted molar refractivity (Wildman–Crippen MR) is 98.8 cm³/mol. The number of nitrogens with zero attached hydrogens (tertiary/aromatic N) is 1. The first kappa shape index (κ1) is 12.4. The molecule has 3 heterocycles. The monoisotopic (exact) mass is 319 g/mol. The van der Waals surface area contributed by atoms with Crippen molar-refractivity contribution >= 4 is 53.9 Å². The zero-order valence-electron chi connectivity index (χ0n) is 12.0. The summed E-state index contributed by atoms with van der Waals surface area (Å²) in [5, 5.41) is 4.77. The third-order valence-electron chi connectivity index (χ3n) is 4.16. The van der Waals surface area contributed by atoms with Crippen molar-refractivity contribution in [2.45, 2.75) is 6.92 Å². The molecule has 2 aromatic carbocycles. The van der Waals surface area contributed by atoms with Crippen molar-refractivity contribution in [1.82, 2.24) is 4.57 Å². The second-order valence-electron chi connectivity index (χ2n) is 5.57. The van der Waals surface area contributed by atoms with Crippen molar-refractivity contribution in [3.05, 3.63) is 64.9 Å². The van der Waals surface area contributed by atoms with Gasteiger partial charge >= 0.3 is 0 Å². The molecule has 3 aromatic heterocycles. The van der Waals surface area contributed by atoms with E-state index < -0.39 is 0 Å². The third-order valence-corrected chi connectivity index (χ3v) is 6.27. The van der Waals surface area contributed by atoms with Crippen LogP contribution in [-0.4, -0.2) is 4.57 Å². The smallest absolute Gasteiger partial charge is 0.0707 e. The summed E-state index contributed by atoms with van der Waals surface area (Å²) in [6.07, 6.45) is 0. The molecule has 0 aliphatic carbocycles. The van der Waals surface area contributed by atoms with E-state index in [0.717, 1.165) is 0 Å². The molecule has 5 rings (SSSR count). The fourth-order valence-corrected chi connectivity index (χ4v) is 5.24. The number of aromatic nitrogens is 1. The molecule has 1 nitrogen and oxygen atoms in total. The Morgan fingerprint density at radius 1 is 0.818 bits per heavy atom. The van der Waals surface area contributed by atoms with Gasteiger partial charge in [0.15, 0.2) is 0 Å². The lowest BCUT2D eigenvalue weighted by atomic mass is 10.1. The second-order valence-corrected chi connectivity index (χ2v) is 7.75. The fraction of sp³-hybridized carbons (Fsp3) is 0.0526. The largest absolute Gasteiger partial charge is 0.307 e. The van der Waals surface area contributed by atoms with Gasteiger partial charge in [-0.1, -0.05) is 30.3 Å². The highest BCUT2D eigenvalue weighted by molar-refractivity contribution is 7.26. The third kappa shape index (κ3) is 1.64. The molecule has 0 saturated heterocycles. The zero-order chi connectivity index (χ0) is 14.7. The van der Waals surface area contributed by atoms with Gasteiger partial charge in [-0.15, -0.1) is 22.7 Å². The van der Waals surface area contributed by atoms with Gasteiger partial charge in [-0.25, -0.2) is 0 Å². The van der Waals surface area contributed by atoms with E-state index in [1.807, 2.05) is 22.7 Å². The van der Waals surface area contributed by atoms with Crippen LogP contribution in [0.1, 0.15) is 4.88 Å². The van der Waals surface area contributed by atoms with E-state index in [1.54, 1.807) is 0 Å². The van der Waals surface area contributed by atoms with Crippen LogP contribution in [0.15, 0.2) is 60.0 Å². The van der Waals surface area contributed by atoms with Crippen molar-refractivity contribution < 1.29 is 0 Å². The quantitative estimate of drug-likeness (QED) is 0.338. The van der Waals surface area contributed by atoms with Crippen LogP contribution in [0.2, 0.25) is 0 Å². The Bertz CT molecular complexity index is 1140. The van der Waals surface area contributed by atoms with Gasteiger partial charge in [-0.3, -0.25) is 0 Å². The predicted octanol–water partition coefficient (Wildman–Crippen LogP) is 6.37. The van der Waals surface area contributed by atoms with E-state index in [2.05, 4.69) is 71.5 Å². The van der Waals surface area contributed by atoms with Gasteiger partial charge in [0, 0.05) is 10.6 Å². The van der Waals surface area contributed by atoms with Crippen LogP contribution in [0.25, 0.3) is 36.9 Å². The number of aryl methyl sites for hydroxylation is 1. The van der Waals surface area contributed by atoms with Gasteiger partial charge in [0.25, 0.3) is 0 Å². The number of rotatable bonds is 1. The summed E-state index contributed by atoms with van der Waals surface area (Å²) in [4.78, 5) is 1.37. The van der Waals surface area contributed by atoms with Crippen molar-refractivity contribution in [2.75, 3.05) is 0 Å². The molecule has 0 amide bonds. The number of hydrogen-bond donors (Lipinski definition) is 0. The SMILES string of the molecule is Cc1cc2c(s1)c1sccc1n2-c1ccc2ccccc2c1. The fourth-order valence-electron chi connectivity index (χ4n) is 3.20. The normalized spacial score (nSPS) is 11.9. The molecule has 0 aliphatic rings. The first-order valence-corrected chi connectivity index (χ1v) is 8.98. The Kier molecular flexibility index (Phi) is 2.52. The Balaban J connectivity index is 1.91. The van der Waals surface area contributed by atoms with Gasteiger partial charge < -0.3 is 4.57 Å². The van der Waals surface area contributed by atoms with E-state index in [-0.39, 0.29) is 0 Å². The Morgan fingerprint density at radius 3 is 2.59 bits per heavy atom. The van der Waals surface area contributed by atoms with Crippen molar-refractivity contribution in [3.8, 4) is 5.69 Å². The van der Waals surface area contributed by atoms with Crippen molar-refractivity contribution in [2.24, 2.45) is 0 Å². The number of benzene rings is 2. The van der Waals surface area contributed by atoms with E-state index in [0.29, 0.717) is 0 Å². The minimum atomic E-state index is 1.25. The molecule has 5 aromatic rings. The lowest BCUT2D eigenvalue weighted by Crippen LogP contribution is -1.92. The minimum Gasteiger partial charge on any atom is -0.307 e. The van der Waals surface area contributed by atoms with Gasteiger partial charge in [-0.05, 0) is 47.3 Å². The van der Waals surface area contributed by atoms with Crippen LogP contribution in [0.5, 0.6) is 0 Å². The topological polar surface area (TPSA) is 4.93 Å². The molecule has 3 heteroatoms. The Labute approximate surface area is 136 Å². The summed E-state index contributed by atoms with van der Waals surface area (Å²) in [7, 11) is 0. The highest BCUT2D eigenvalue weighted by Gasteiger charge is 2.15. The number of fused-ring (bicyclic) bond motifs is 4. The standard InChI is InChI=1S/C19H13NS2/c1-12-10-17-19(22-12)18-16(8-9-21-18)20(17)15-7-6-13-4-2-3-5-14(13)11-15/h2-11H,1H3. The molecular formula is C19H13NS2. The lowest BCUT2D eigenvalue weighted by Gasteiger charge is -2.07. The average Bonchev–Trinajstić information content (AvgIpc) is 3.19. The summed E-state index contributed by atoms with van der Waals surface area (Å²) in [5.74, 6) is 0. The number of hydrogen-bond acceptors (Lipinski definition) is 2. The molecule has 0 saturated carbocycles. The molecule has 106 valence electrons. The first-order chi connectivity index (χ1) is 10.8.